The van der Waals surface area contributed by atoms with Gasteiger partial charge in [-0.2, -0.15) is 0 Å². The number of fused-ring (bicyclic) bond motifs is 1. The number of carbonyl (C=O) groups excluding carboxylic acids is 4. The number of aromatic nitrogens is 1. The van der Waals surface area contributed by atoms with Gasteiger partial charge in [0, 0.05) is 57.8 Å². The summed E-state index contributed by atoms with van der Waals surface area (Å²) in [4.78, 5) is 60.0. The molecule has 3 N–H and O–H groups in total. The normalized spacial score (nSPS) is 17.7. The van der Waals surface area contributed by atoms with Crippen LogP contribution in [-0.4, -0.2) is 95.1 Å². The second kappa shape index (κ2) is 14.2. The lowest BCUT2D eigenvalue weighted by Crippen LogP contribution is -2.62. The van der Waals surface area contributed by atoms with Crippen LogP contribution in [-0.2, 0) is 32.0 Å². The lowest BCUT2D eigenvalue weighted by molar-refractivity contribution is -0.159. The van der Waals surface area contributed by atoms with E-state index in [1.165, 1.54) is 0 Å². The predicted octanol–water partition coefficient (Wildman–Crippen LogP) is 4.29. The number of piperidine rings is 1. The Bertz CT molecular complexity index is 1580. The number of amides is 4. The van der Waals surface area contributed by atoms with Crippen LogP contribution < -0.4 is 10.6 Å². The molecule has 11 heteroatoms. The Hall–Kier alpha value is -4.38. The zero-order chi connectivity index (χ0) is 34.6. The van der Waals surface area contributed by atoms with Gasteiger partial charge in [0.25, 0.3) is 0 Å². The Morgan fingerprint density at radius 1 is 0.979 bits per heavy atom. The van der Waals surface area contributed by atoms with Crippen molar-refractivity contribution in [2.24, 2.45) is 5.41 Å². The molecule has 3 aromatic rings. The fourth-order valence-corrected chi connectivity index (χ4v) is 6.12. The minimum atomic E-state index is -1.38. The third kappa shape index (κ3) is 8.71. The van der Waals surface area contributed by atoms with E-state index in [9.17, 15) is 19.2 Å². The van der Waals surface area contributed by atoms with E-state index < -0.39 is 34.6 Å². The van der Waals surface area contributed by atoms with Crippen molar-refractivity contribution in [3.05, 3.63) is 71.9 Å². The van der Waals surface area contributed by atoms with Crippen LogP contribution in [0, 0.1) is 5.41 Å². The highest BCUT2D eigenvalue weighted by atomic mass is 16.6. The molecule has 11 nitrogen and oxygen atoms in total. The van der Waals surface area contributed by atoms with Gasteiger partial charge in [0.05, 0.1) is 5.41 Å². The Morgan fingerprint density at radius 2 is 1.64 bits per heavy atom. The molecule has 1 aliphatic rings. The molecule has 2 aromatic carbocycles. The summed E-state index contributed by atoms with van der Waals surface area (Å²) in [6, 6.07) is 16.7. The Morgan fingerprint density at radius 3 is 2.30 bits per heavy atom. The number of nitrogens with one attached hydrogen (secondary N) is 3. The van der Waals surface area contributed by atoms with Gasteiger partial charge in [-0.05, 0) is 71.1 Å². The summed E-state index contributed by atoms with van der Waals surface area (Å²) >= 11 is 0. The monoisotopic (exact) mass is 646 g/mol. The van der Waals surface area contributed by atoms with Crippen LogP contribution in [0.1, 0.15) is 58.6 Å². The summed E-state index contributed by atoms with van der Waals surface area (Å²) in [5.74, 6) is -0.879. The molecular weight excluding hydrogens is 596 g/mol. The molecule has 4 rings (SSSR count). The molecule has 1 fully saturated rings. The topological polar surface area (TPSA) is 127 Å². The van der Waals surface area contributed by atoms with Gasteiger partial charge < -0.3 is 25.3 Å². The van der Waals surface area contributed by atoms with Crippen LogP contribution in [0.2, 0.25) is 0 Å². The highest BCUT2D eigenvalue weighted by Crippen LogP contribution is 2.36. The number of benzene rings is 2. The van der Waals surface area contributed by atoms with Crippen molar-refractivity contribution in [1.29, 1.82) is 0 Å². The van der Waals surface area contributed by atoms with Crippen molar-refractivity contribution in [3.8, 4) is 0 Å². The third-order valence-electron chi connectivity index (χ3n) is 8.70. The Kier molecular flexibility index (Phi) is 10.7. The number of likely N-dealkylation sites (tertiary alicyclic amines) is 1. The number of hydrazine groups is 1. The molecule has 1 aromatic heterocycles. The highest BCUT2D eigenvalue weighted by Gasteiger charge is 2.46. The van der Waals surface area contributed by atoms with E-state index in [0.717, 1.165) is 22.0 Å². The second-order valence-electron chi connectivity index (χ2n) is 14.3. The fourth-order valence-electron chi connectivity index (χ4n) is 6.12. The van der Waals surface area contributed by atoms with Crippen LogP contribution >= 0.6 is 0 Å². The van der Waals surface area contributed by atoms with Crippen LogP contribution in [0.4, 0.5) is 4.79 Å². The third-order valence-corrected chi connectivity index (χ3v) is 8.70. The van der Waals surface area contributed by atoms with Crippen LogP contribution in [0.3, 0.4) is 0 Å². The number of para-hydroxylation sites is 1. The minimum absolute atomic E-state index is 0.0660. The largest absolute Gasteiger partial charge is 0.444 e. The molecule has 47 heavy (non-hydrogen) atoms. The molecule has 1 aliphatic heterocycles. The maximum absolute atomic E-state index is 14.6. The average molecular weight is 647 g/mol. The number of aromatic amines is 1. The van der Waals surface area contributed by atoms with E-state index in [1.54, 1.807) is 56.6 Å². The van der Waals surface area contributed by atoms with Gasteiger partial charge in [-0.3, -0.25) is 19.4 Å². The van der Waals surface area contributed by atoms with E-state index in [1.807, 2.05) is 74.9 Å². The van der Waals surface area contributed by atoms with E-state index in [4.69, 9.17) is 4.74 Å². The van der Waals surface area contributed by atoms with Crippen molar-refractivity contribution in [2.75, 3.05) is 34.2 Å². The van der Waals surface area contributed by atoms with E-state index in [-0.39, 0.29) is 24.8 Å². The summed E-state index contributed by atoms with van der Waals surface area (Å²) in [7, 11) is 5.38. The molecule has 4 amide bonds. The number of H-pyrrole nitrogens is 1. The molecule has 0 radical (unpaired) electrons. The fraction of sp³-hybridized carbons (Fsp3) is 0.500. The minimum Gasteiger partial charge on any atom is -0.444 e. The molecule has 0 bridgehead atoms. The first-order valence-corrected chi connectivity index (χ1v) is 16.2. The molecule has 254 valence electrons. The molecule has 0 spiro atoms. The highest BCUT2D eigenvalue weighted by molar-refractivity contribution is 5.95. The van der Waals surface area contributed by atoms with Crippen molar-refractivity contribution >= 4 is 34.7 Å². The SMILES string of the molecule is CN(C)N(C)C(=O)[C@@]1(Cc2ccccc2)CCCN(C(=O)[C@@H](Cc2c[nH]c3ccccc23)NC(=O)C(C)(C)NC(=O)OC(C)(C)C)C1. The number of carbonyl (C=O) groups is 4. The lowest BCUT2D eigenvalue weighted by atomic mass is 9.74. The summed E-state index contributed by atoms with van der Waals surface area (Å²) in [5.41, 5.74) is -0.188. The molecule has 1 saturated heterocycles. The lowest BCUT2D eigenvalue weighted by Gasteiger charge is -2.45. The predicted molar refractivity (Wildman–Crippen MR) is 182 cm³/mol. The quantitative estimate of drug-likeness (QED) is 0.282. The van der Waals surface area contributed by atoms with Crippen LogP contribution in [0.15, 0.2) is 60.8 Å². The molecular formula is C36H50N6O5. The van der Waals surface area contributed by atoms with Gasteiger partial charge in [-0.1, -0.05) is 48.5 Å². The maximum Gasteiger partial charge on any atom is 0.408 e. The van der Waals surface area contributed by atoms with Crippen molar-refractivity contribution in [1.82, 2.24) is 30.5 Å². The molecule has 0 unspecified atom stereocenters. The van der Waals surface area contributed by atoms with Crippen molar-refractivity contribution < 1.29 is 23.9 Å². The standard InChI is InChI=1S/C36H50N6O5/c1-34(2,3)47-33(46)39-35(4,5)31(44)38-29(21-26-23-37-28-18-13-12-17-27(26)28)30(43)42-20-14-19-36(24-42,32(45)41(8)40(6)7)22-25-15-10-9-11-16-25/h9-13,15-18,23,29,37H,14,19-22,24H2,1-8H3,(H,38,44)(H,39,46)/t29-,36-/m1/s1. The van der Waals surface area contributed by atoms with E-state index >= 15 is 0 Å². The summed E-state index contributed by atoms with van der Waals surface area (Å²) in [5, 5.41) is 9.90. The van der Waals surface area contributed by atoms with Gasteiger partial charge in [-0.25, -0.2) is 9.80 Å². The summed E-state index contributed by atoms with van der Waals surface area (Å²) in [6.07, 6.45) is 3.06. The van der Waals surface area contributed by atoms with Crippen molar-refractivity contribution in [2.45, 2.75) is 77.5 Å². The number of hydrogen-bond donors (Lipinski definition) is 3. The van der Waals surface area contributed by atoms with Gasteiger partial charge in [0.1, 0.15) is 17.2 Å². The first kappa shape index (κ1) is 35.5. The van der Waals surface area contributed by atoms with Gasteiger partial charge >= 0.3 is 6.09 Å². The molecule has 2 atom stereocenters. The first-order chi connectivity index (χ1) is 22.0. The average Bonchev–Trinajstić information content (AvgIpc) is 3.41. The van der Waals surface area contributed by atoms with Gasteiger partial charge in [-0.15, -0.1) is 0 Å². The number of rotatable bonds is 10. The zero-order valence-corrected chi connectivity index (χ0v) is 29.0. The molecule has 2 heterocycles. The maximum atomic E-state index is 14.6. The van der Waals surface area contributed by atoms with Crippen molar-refractivity contribution in [3.63, 3.8) is 0 Å². The van der Waals surface area contributed by atoms with Crippen LogP contribution in [0.5, 0.6) is 0 Å². The first-order valence-electron chi connectivity index (χ1n) is 16.2. The number of alkyl carbamates (subject to hydrolysis) is 1. The van der Waals surface area contributed by atoms with E-state index in [2.05, 4.69) is 15.6 Å². The summed E-state index contributed by atoms with van der Waals surface area (Å²) < 4.78 is 5.39. The molecule has 0 aliphatic carbocycles. The molecule has 0 saturated carbocycles. The number of hydrogen-bond acceptors (Lipinski definition) is 6. The van der Waals surface area contributed by atoms with E-state index in [0.29, 0.717) is 25.8 Å². The smallest absolute Gasteiger partial charge is 0.408 e. The van der Waals surface area contributed by atoms with Gasteiger partial charge in [0.15, 0.2) is 0 Å². The Balaban J connectivity index is 1.65. The van der Waals surface area contributed by atoms with Crippen LogP contribution in [0.25, 0.3) is 10.9 Å². The Labute approximate surface area is 278 Å². The summed E-state index contributed by atoms with van der Waals surface area (Å²) in [6.45, 7) is 9.03. The van der Waals surface area contributed by atoms with Gasteiger partial charge in [0.2, 0.25) is 17.7 Å². The number of nitrogens with zero attached hydrogens (tertiary/aromatic N) is 3. The zero-order valence-electron chi connectivity index (χ0n) is 29.0. The number of ether oxygens (including phenoxy) is 1. The second-order valence-corrected chi connectivity index (χ2v) is 14.3.